The largest absolute Gasteiger partial charge is 0.468 e. The molecule has 49 heavy (non-hydrogen) atoms. The van der Waals surface area contributed by atoms with E-state index in [-0.39, 0.29) is 36.5 Å². The number of anilines is 1. The Morgan fingerprint density at radius 2 is 1.88 bits per heavy atom. The first kappa shape index (κ1) is 33.7. The third kappa shape index (κ3) is 7.13. The maximum atomic E-state index is 14.5. The van der Waals surface area contributed by atoms with Gasteiger partial charge in [0.25, 0.3) is 0 Å². The molecule has 0 N–H and O–H groups in total. The summed E-state index contributed by atoms with van der Waals surface area (Å²) in [5.41, 5.74) is -0.0995. The molecule has 4 fully saturated rings. The molecule has 0 radical (unpaired) electrons. The summed E-state index contributed by atoms with van der Waals surface area (Å²) in [6.07, 6.45) is 6.66. The lowest BCUT2D eigenvalue weighted by Crippen LogP contribution is -2.57. The molecule has 0 unspecified atom stereocenters. The van der Waals surface area contributed by atoms with E-state index in [1.165, 1.54) is 0 Å². The van der Waals surface area contributed by atoms with Crippen LogP contribution in [-0.2, 0) is 9.47 Å². The molecule has 4 saturated heterocycles. The van der Waals surface area contributed by atoms with Gasteiger partial charge in [-0.3, -0.25) is 9.80 Å². The van der Waals surface area contributed by atoms with E-state index in [2.05, 4.69) is 9.80 Å². The van der Waals surface area contributed by atoms with Gasteiger partial charge in [-0.1, -0.05) is 29.8 Å². The fourth-order valence-corrected chi connectivity index (χ4v) is 8.15. The van der Waals surface area contributed by atoms with Gasteiger partial charge in [0.15, 0.2) is 12.6 Å². The SMILES string of the molecule is COCOc1cc(/C=C/c2nc(OC[C@@]34CCCN3C[C@H](F)C4)nc(N3C[C@H]4CC[C@@H](C3)N4C(=O)OC(C)(C)C)n2)c2c(Cl)cccc2c1. The summed E-state index contributed by atoms with van der Waals surface area (Å²) in [7, 11) is 1.58. The van der Waals surface area contributed by atoms with E-state index >= 15 is 0 Å². The van der Waals surface area contributed by atoms with Crippen molar-refractivity contribution in [2.75, 3.05) is 51.6 Å². The van der Waals surface area contributed by atoms with E-state index < -0.39 is 11.8 Å². The van der Waals surface area contributed by atoms with Crippen LogP contribution in [0.4, 0.5) is 15.1 Å². The van der Waals surface area contributed by atoms with Gasteiger partial charge in [-0.15, -0.1) is 0 Å². The number of hydrogen-bond acceptors (Lipinski definition) is 10. The molecule has 3 aromatic rings. The fourth-order valence-electron chi connectivity index (χ4n) is 7.86. The first-order valence-corrected chi connectivity index (χ1v) is 17.4. The van der Waals surface area contributed by atoms with Crippen LogP contribution in [-0.4, -0.2) is 107 Å². The quantitative estimate of drug-likeness (QED) is 0.235. The predicted octanol–water partition coefficient (Wildman–Crippen LogP) is 6.37. The van der Waals surface area contributed by atoms with Crippen LogP contribution in [0.2, 0.25) is 5.02 Å². The summed E-state index contributed by atoms with van der Waals surface area (Å²) in [4.78, 5) is 33.7. The molecule has 11 nitrogen and oxygen atoms in total. The minimum absolute atomic E-state index is 0.0250. The summed E-state index contributed by atoms with van der Waals surface area (Å²) in [5, 5.41) is 2.40. The van der Waals surface area contributed by atoms with Crippen LogP contribution in [0.15, 0.2) is 30.3 Å². The predicted molar refractivity (Wildman–Crippen MR) is 186 cm³/mol. The number of fused-ring (bicyclic) bond motifs is 4. The third-order valence-corrected chi connectivity index (χ3v) is 10.2. The molecule has 4 aliphatic heterocycles. The molecule has 1 amide bonds. The second-order valence-electron chi connectivity index (χ2n) is 14.6. The highest BCUT2D eigenvalue weighted by molar-refractivity contribution is 6.36. The number of methoxy groups -OCH3 is 1. The van der Waals surface area contributed by atoms with Crippen molar-refractivity contribution >= 4 is 46.6 Å². The number of piperazine rings is 1. The van der Waals surface area contributed by atoms with Crippen LogP contribution >= 0.6 is 11.6 Å². The Labute approximate surface area is 291 Å². The lowest BCUT2D eigenvalue weighted by Gasteiger charge is -2.41. The van der Waals surface area contributed by atoms with Gasteiger partial charge in [-0.05, 0) is 88.2 Å². The molecule has 0 spiro atoms. The minimum Gasteiger partial charge on any atom is -0.468 e. The summed E-state index contributed by atoms with van der Waals surface area (Å²) in [6, 6.07) is 9.70. The molecule has 13 heteroatoms. The maximum Gasteiger partial charge on any atom is 0.410 e. The van der Waals surface area contributed by atoms with Gasteiger partial charge in [0.1, 0.15) is 24.1 Å². The summed E-state index contributed by atoms with van der Waals surface area (Å²) >= 11 is 6.68. The van der Waals surface area contributed by atoms with E-state index in [4.69, 9.17) is 45.5 Å². The van der Waals surface area contributed by atoms with Crippen molar-refractivity contribution in [2.24, 2.45) is 0 Å². The van der Waals surface area contributed by atoms with Crippen LogP contribution in [0.1, 0.15) is 64.3 Å². The van der Waals surface area contributed by atoms with Crippen molar-refractivity contribution in [3.05, 3.63) is 46.7 Å². The average Bonchev–Trinajstić information content (AvgIpc) is 3.67. The summed E-state index contributed by atoms with van der Waals surface area (Å²) in [5.74, 6) is 1.51. The van der Waals surface area contributed by atoms with Gasteiger partial charge in [0, 0.05) is 43.6 Å². The number of alkyl halides is 1. The van der Waals surface area contributed by atoms with E-state index in [1.807, 2.05) is 68.2 Å². The molecule has 2 bridgehead atoms. The van der Waals surface area contributed by atoms with Gasteiger partial charge >= 0.3 is 12.1 Å². The Balaban J connectivity index is 1.20. The number of carbonyl (C=O) groups excluding carboxylic acids is 1. The molecule has 2 aromatic carbocycles. The van der Waals surface area contributed by atoms with Crippen molar-refractivity contribution in [1.82, 2.24) is 24.8 Å². The van der Waals surface area contributed by atoms with Gasteiger partial charge in [-0.2, -0.15) is 15.0 Å². The molecule has 0 aliphatic carbocycles. The number of carbonyl (C=O) groups is 1. The van der Waals surface area contributed by atoms with Gasteiger partial charge in [0.05, 0.1) is 17.6 Å². The van der Waals surface area contributed by atoms with Gasteiger partial charge in [-0.25, -0.2) is 9.18 Å². The maximum absolute atomic E-state index is 14.5. The number of halogens is 2. The van der Waals surface area contributed by atoms with E-state index in [1.54, 1.807) is 7.11 Å². The topological polar surface area (TPSA) is 102 Å². The van der Waals surface area contributed by atoms with Crippen LogP contribution in [0, 0.1) is 0 Å². The monoisotopic (exact) mass is 694 g/mol. The molecule has 262 valence electrons. The number of rotatable bonds is 9. The molecule has 5 heterocycles. The van der Waals surface area contributed by atoms with Gasteiger partial charge < -0.3 is 23.8 Å². The second-order valence-corrected chi connectivity index (χ2v) is 15.0. The smallest absolute Gasteiger partial charge is 0.410 e. The number of benzene rings is 2. The zero-order valence-corrected chi connectivity index (χ0v) is 29.3. The number of hydrogen-bond donors (Lipinski definition) is 0. The third-order valence-electron chi connectivity index (χ3n) is 9.91. The molecule has 1 aromatic heterocycles. The lowest BCUT2D eigenvalue weighted by molar-refractivity contribution is 0.0122. The van der Waals surface area contributed by atoms with Crippen LogP contribution in [0.25, 0.3) is 22.9 Å². The molecule has 0 saturated carbocycles. The minimum atomic E-state index is -0.863. The standard InChI is InChI=1S/C36H44ClFN6O5/c1-35(2,3)49-34(45)44-26-10-11-27(44)20-42(19-26)32-39-30(40-33(41-32)47-21-36-13-6-14-43(36)18-25(38)17-36)12-9-24-16-28(48-22-46-4)15-23-7-5-8-29(37)31(23)24/h5,7-9,12,15-16,25-27H,6,10-11,13-14,17-22H2,1-4H3/b12-9+/t25-,26-,27+,36+/m1/s1. The zero-order valence-electron chi connectivity index (χ0n) is 28.5. The van der Waals surface area contributed by atoms with E-state index in [0.717, 1.165) is 48.6 Å². The number of aromatic nitrogens is 3. The molecule has 4 atom stereocenters. The first-order valence-electron chi connectivity index (χ1n) is 17.1. The van der Waals surface area contributed by atoms with Gasteiger partial charge in [0.2, 0.25) is 5.95 Å². The Morgan fingerprint density at radius 3 is 2.63 bits per heavy atom. The molecule has 7 rings (SSSR count). The Hall–Kier alpha value is -3.74. The molecular formula is C36H44ClFN6O5. The second kappa shape index (κ2) is 13.5. The fraction of sp³-hybridized carbons (Fsp3) is 0.556. The number of amides is 1. The van der Waals surface area contributed by atoms with Crippen molar-refractivity contribution in [1.29, 1.82) is 0 Å². The Bertz CT molecular complexity index is 1720. The van der Waals surface area contributed by atoms with Crippen molar-refractivity contribution in [2.45, 2.75) is 82.3 Å². The van der Waals surface area contributed by atoms with Crippen LogP contribution in [0.3, 0.4) is 0 Å². The highest BCUT2D eigenvalue weighted by atomic mass is 35.5. The zero-order chi connectivity index (χ0) is 34.3. The average molecular weight is 695 g/mol. The highest BCUT2D eigenvalue weighted by Gasteiger charge is 2.49. The molecular weight excluding hydrogens is 651 g/mol. The Kier molecular flexibility index (Phi) is 9.31. The number of nitrogens with zero attached hydrogens (tertiary/aromatic N) is 6. The summed E-state index contributed by atoms with van der Waals surface area (Å²) in [6.45, 7) is 8.48. The lowest BCUT2D eigenvalue weighted by atomic mass is 9.95. The van der Waals surface area contributed by atoms with E-state index in [9.17, 15) is 9.18 Å². The normalized spacial score (nSPS) is 25.4. The highest BCUT2D eigenvalue weighted by Crippen LogP contribution is 2.41. The molecule has 4 aliphatic rings. The first-order chi connectivity index (χ1) is 23.5. The van der Waals surface area contributed by atoms with Crippen molar-refractivity contribution < 1.29 is 28.1 Å². The van der Waals surface area contributed by atoms with E-state index in [0.29, 0.717) is 55.2 Å². The summed E-state index contributed by atoms with van der Waals surface area (Å²) < 4.78 is 37.5. The van der Waals surface area contributed by atoms with Crippen molar-refractivity contribution in [3.8, 4) is 11.8 Å². The number of ether oxygens (including phenoxy) is 4. The van der Waals surface area contributed by atoms with Crippen LogP contribution in [0.5, 0.6) is 11.8 Å². The van der Waals surface area contributed by atoms with Crippen LogP contribution < -0.4 is 14.4 Å². The Morgan fingerprint density at radius 1 is 1.08 bits per heavy atom. The van der Waals surface area contributed by atoms with Crippen molar-refractivity contribution in [3.63, 3.8) is 0 Å².